The Morgan fingerprint density at radius 2 is 1.76 bits per heavy atom. The van der Waals surface area contributed by atoms with Gasteiger partial charge in [0, 0.05) is 23.6 Å². The molecule has 0 aromatic carbocycles. The highest BCUT2D eigenvalue weighted by atomic mass is 32.2. The summed E-state index contributed by atoms with van der Waals surface area (Å²) in [5.41, 5.74) is 0. The van der Waals surface area contributed by atoms with Crippen molar-refractivity contribution >= 4 is 11.8 Å². The van der Waals surface area contributed by atoms with Crippen LogP contribution in [0.15, 0.2) is 0 Å². The lowest BCUT2D eigenvalue weighted by Gasteiger charge is -2.34. The third-order valence-corrected chi connectivity index (χ3v) is 4.48. The first kappa shape index (κ1) is 15.3. The zero-order valence-electron chi connectivity index (χ0n) is 11.9. The van der Waals surface area contributed by atoms with Crippen LogP contribution in [0.2, 0.25) is 0 Å². The number of hydrogen-bond donors (Lipinski definition) is 1. The molecule has 1 aliphatic heterocycles. The lowest BCUT2D eigenvalue weighted by Crippen LogP contribution is -2.40. The van der Waals surface area contributed by atoms with Crippen LogP contribution >= 0.6 is 11.8 Å². The summed E-state index contributed by atoms with van der Waals surface area (Å²) < 4.78 is 0. The zero-order chi connectivity index (χ0) is 12.5. The predicted octanol–water partition coefficient (Wildman–Crippen LogP) is 2.98. The molecule has 1 N–H and O–H groups in total. The summed E-state index contributed by atoms with van der Waals surface area (Å²) in [4.78, 5) is 2.66. The lowest BCUT2D eigenvalue weighted by molar-refractivity contribution is 0.264. The predicted molar refractivity (Wildman–Crippen MR) is 80.0 cm³/mol. The van der Waals surface area contributed by atoms with Crippen molar-refractivity contribution in [1.29, 1.82) is 0 Å². The van der Waals surface area contributed by atoms with Crippen LogP contribution < -0.4 is 5.32 Å². The maximum atomic E-state index is 3.47. The zero-order valence-corrected chi connectivity index (χ0v) is 12.7. The van der Waals surface area contributed by atoms with Crippen molar-refractivity contribution in [1.82, 2.24) is 10.2 Å². The number of hydrogen-bond acceptors (Lipinski definition) is 3. The van der Waals surface area contributed by atoms with Crippen molar-refractivity contribution in [3.05, 3.63) is 0 Å². The Morgan fingerprint density at radius 1 is 1.06 bits per heavy atom. The molecule has 0 radical (unpaired) electrons. The quantitative estimate of drug-likeness (QED) is 0.674. The van der Waals surface area contributed by atoms with Gasteiger partial charge in [0.25, 0.3) is 0 Å². The van der Waals surface area contributed by atoms with E-state index in [4.69, 9.17) is 0 Å². The van der Waals surface area contributed by atoms with Crippen molar-refractivity contribution < 1.29 is 0 Å². The number of unbranched alkanes of at least 4 members (excludes halogenated alkanes) is 2. The van der Waals surface area contributed by atoms with Gasteiger partial charge < -0.3 is 10.2 Å². The van der Waals surface area contributed by atoms with Gasteiger partial charge in [0.15, 0.2) is 0 Å². The number of nitrogens with zero attached hydrogens (tertiary/aromatic N) is 1. The van der Waals surface area contributed by atoms with Crippen molar-refractivity contribution in [3.63, 3.8) is 0 Å². The van der Waals surface area contributed by atoms with E-state index in [1.165, 1.54) is 58.4 Å². The van der Waals surface area contributed by atoms with Crippen molar-refractivity contribution in [3.8, 4) is 0 Å². The summed E-state index contributed by atoms with van der Waals surface area (Å²) in [7, 11) is 0. The van der Waals surface area contributed by atoms with Gasteiger partial charge in [-0.05, 0) is 38.9 Å². The van der Waals surface area contributed by atoms with Crippen LogP contribution in [0.1, 0.15) is 46.5 Å². The summed E-state index contributed by atoms with van der Waals surface area (Å²) >= 11 is 2.15. The molecule has 2 atom stereocenters. The van der Waals surface area contributed by atoms with E-state index in [-0.39, 0.29) is 0 Å². The Kier molecular flexibility index (Phi) is 8.33. The van der Waals surface area contributed by atoms with Crippen LogP contribution in [0, 0.1) is 0 Å². The third-order valence-electron chi connectivity index (χ3n) is 3.25. The second kappa shape index (κ2) is 9.23. The molecule has 1 aliphatic rings. The molecular formula is C14H30N2S. The average molecular weight is 258 g/mol. The fourth-order valence-electron chi connectivity index (χ4n) is 2.53. The van der Waals surface area contributed by atoms with Crippen LogP contribution in [0.4, 0.5) is 0 Å². The first-order valence-corrected chi connectivity index (χ1v) is 8.25. The largest absolute Gasteiger partial charge is 0.317 e. The maximum Gasteiger partial charge on any atom is 0.0149 e. The van der Waals surface area contributed by atoms with Gasteiger partial charge in [-0.3, -0.25) is 0 Å². The fourth-order valence-corrected chi connectivity index (χ4v) is 3.92. The highest BCUT2D eigenvalue weighted by molar-refractivity contribution is 8.00. The molecular weight excluding hydrogens is 228 g/mol. The normalized spacial score (nSPS) is 26.3. The van der Waals surface area contributed by atoms with Gasteiger partial charge in [0.1, 0.15) is 0 Å². The molecule has 1 rings (SSSR count). The first-order valence-electron chi connectivity index (χ1n) is 7.31. The van der Waals surface area contributed by atoms with Crippen molar-refractivity contribution in [2.45, 2.75) is 57.0 Å². The lowest BCUT2D eigenvalue weighted by atomic mass is 10.2. The van der Waals surface area contributed by atoms with Gasteiger partial charge in [0.05, 0.1) is 0 Å². The Hall–Kier alpha value is 0.270. The van der Waals surface area contributed by atoms with E-state index in [1.54, 1.807) is 0 Å². The van der Waals surface area contributed by atoms with Gasteiger partial charge in [0.2, 0.25) is 0 Å². The molecule has 0 bridgehead atoms. The number of nitrogens with one attached hydrogen (secondary N) is 1. The van der Waals surface area contributed by atoms with Crippen LogP contribution in [0.25, 0.3) is 0 Å². The molecule has 1 saturated heterocycles. The molecule has 1 fully saturated rings. The summed E-state index contributed by atoms with van der Waals surface area (Å²) in [5.74, 6) is 0. The average Bonchev–Trinajstić information content (AvgIpc) is 2.26. The SMILES string of the molecule is CCCNCCCCCN1CC(C)SC(C)C1. The molecule has 2 nitrogen and oxygen atoms in total. The van der Waals surface area contributed by atoms with E-state index in [0.29, 0.717) is 0 Å². The van der Waals surface area contributed by atoms with E-state index in [0.717, 1.165) is 10.5 Å². The Labute approximate surface area is 112 Å². The van der Waals surface area contributed by atoms with Crippen LogP contribution in [0.5, 0.6) is 0 Å². The highest BCUT2D eigenvalue weighted by Gasteiger charge is 2.21. The van der Waals surface area contributed by atoms with E-state index in [2.05, 4.69) is 42.7 Å². The monoisotopic (exact) mass is 258 g/mol. The summed E-state index contributed by atoms with van der Waals surface area (Å²) in [6.07, 6.45) is 5.34. The Bertz CT molecular complexity index is 177. The number of rotatable bonds is 8. The highest BCUT2D eigenvalue weighted by Crippen LogP contribution is 2.24. The second-order valence-corrected chi connectivity index (χ2v) is 7.21. The van der Waals surface area contributed by atoms with E-state index >= 15 is 0 Å². The standard InChI is InChI=1S/C14H30N2S/c1-4-8-15-9-6-5-7-10-16-11-13(2)17-14(3)12-16/h13-15H,4-12H2,1-3H3. The van der Waals surface area contributed by atoms with Crippen molar-refractivity contribution in [2.75, 3.05) is 32.7 Å². The second-order valence-electron chi connectivity index (χ2n) is 5.33. The molecule has 0 spiro atoms. The fraction of sp³-hybridized carbons (Fsp3) is 1.00. The third kappa shape index (κ3) is 7.32. The molecule has 102 valence electrons. The van der Waals surface area contributed by atoms with Gasteiger partial charge in [-0.1, -0.05) is 27.2 Å². The van der Waals surface area contributed by atoms with E-state index in [9.17, 15) is 0 Å². The molecule has 2 unspecified atom stereocenters. The smallest absolute Gasteiger partial charge is 0.0149 e. The molecule has 0 aromatic rings. The van der Waals surface area contributed by atoms with Gasteiger partial charge in [-0.15, -0.1) is 0 Å². The van der Waals surface area contributed by atoms with Gasteiger partial charge >= 0.3 is 0 Å². The van der Waals surface area contributed by atoms with E-state index in [1.807, 2.05) is 0 Å². The van der Waals surface area contributed by atoms with Crippen LogP contribution in [0.3, 0.4) is 0 Å². The van der Waals surface area contributed by atoms with Crippen LogP contribution in [-0.4, -0.2) is 48.1 Å². The minimum Gasteiger partial charge on any atom is -0.317 e. The summed E-state index contributed by atoms with van der Waals surface area (Å²) in [6, 6.07) is 0. The molecule has 3 heteroatoms. The summed E-state index contributed by atoms with van der Waals surface area (Å²) in [5, 5.41) is 5.12. The molecule has 0 aliphatic carbocycles. The van der Waals surface area contributed by atoms with Crippen LogP contribution in [-0.2, 0) is 0 Å². The van der Waals surface area contributed by atoms with Crippen molar-refractivity contribution in [2.24, 2.45) is 0 Å². The molecule has 17 heavy (non-hydrogen) atoms. The minimum atomic E-state index is 0.824. The Balaban J connectivity index is 1.95. The maximum absolute atomic E-state index is 3.47. The topological polar surface area (TPSA) is 15.3 Å². The van der Waals surface area contributed by atoms with Gasteiger partial charge in [-0.2, -0.15) is 11.8 Å². The Morgan fingerprint density at radius 3 is 2.41 bits per heavy atom. The molecule has 0 aromatic heterocycles. The molecule has 0 amide bonds. The summed E-state index contributed by atoms with van der Waals surface area (Å²) in [6.45, 7) is 13.2. The first-order chi connectivity index (χ1) is 8.22. The number of thioether (sulfide) groups is 1. The minimum absolute atomic E-state index is 0.824. The van der Waals surface area contributed by atoms with Gasteiger partial charge in [-0.25, -0.2) is 0 Å². The van der Waals surface area contributed by atoms with E-state index < -0.39 is 0 Å². The molecule has 1 heterocycles. The molecule has 0 saturated carbocycles.